The Morgan fingerprint density at radius 2 is 2.00 bits per heavy atom. The van der Waals surface area contributed by atoms with Crippen molar-refractivity contribution >= 4 is 0 Å². The highest BCUT2D eigenvalue weighted by atomic mass is 16.5. The van der Waals surface area contributed by atoms with Crippen molar-refractivity contribution in [2.24, 2.45) is 5.92 Å². The second-order valence-corrected chi connectivity index (χ2v) is 5.59. The van der Waals surface area contributed by atoms with Crippen LogP contribution in [0.1, 0.15) is 39.7 Å². The van der Waals surface area contributed by atoms with Crippen molar-refractivity contribution in [1.29, 1.82) is 0 Å². The number of ether oxygens (including phenoxy) is 1. The van der Waals surface area contributed by atoms with Gasteiger partial charge in [0.05, 0.1) is 5.60 Å². The summed E-state index contributed by atoms with van der Waals surface area (Å²) in [5.41, 5.74) is 0.333. The third-order valence-corrected chi connectivity index (χ3v) is 3.48. The second kappa shape index (κ2) is 7.51. The molecular weight excluding hydrogens is 238 g/mol. The molecule has 3 heteroatoms. The Morgan fingerprint density at radius 3 is 2.63 bits per heavy atom. The molecule has 108 valence electrons. The van der Waals surface area contributed by atoms with Crippen LogP contribution in [0.3, 0.4) is 0 Å². The first-order chi connectivity index (χ1) is 8.97. The summed E-state index contributed by atoms with van der Waals surface area (Å²) in [7, 11) is 0. The van der Waals surface area contributed by atoms with E-state index >= 15 is 0 Å². The molecule has 0 aliphatic heterocycles. The molecule has 1 aromatic carbocycles. The summed E-state index contributed by atoms with van der Waals surface area (Å²) in [6.07, 6.45) is 1.12. The Hall–Kier alpha value is -1.06. The highest BCUT2D eigenvalue weighted by Crippen LogP contribution is 2.22. The van der Waals surface area contributed by atoms with E-state index in [1.165, 1.54) is 0 Å². The SMILES string of the molecule is CCCNCc1ccccc1OCC(C)(O)C(C)C. The highest BCUT2D eigenvalue weighted by molar-refractivity contribution is 5.33. The Morgan fingerprint density at radius 1 is 1.32 bits per heavy atom. The van der Waals surface area contributed by atoms with Crippen LogP contribution in [0.4, 0.5) is 0 Å². The van der Waals surface area contributed by atoms with Gasteiger partial charge in [-0.2, -0.15) is 0 Å². The molecular formula is C16H27NO2. The first-order valence-corrected chi connectivity index (χ1v) is 7.11. The molecule has 0 aliphatic carbocycles. The third-order valence-electron chi connectivity index (χ3n) is 3.48. The zero-order valence-corrected chi connectivity index (χ0v) is 12.6. The number of hydrogen-bond acceptors (Lipinski definition) is 3. The van der Waals surface area contributed by atoms with Gasteiger partial charge in [-0.1, -0.05) is 39.0 Å². The third kappa shape index (κ3) is 5.21. The van der Waals surface area contributed by atoms with E-state index in [2.05, 4.69) is 18.3 Å². The predicted molar refractivity (Wildman–Crippen MR) is 79.4 cm³/mol. The van der Waals surface area contributed by atoms with Crippen molar-refractivity contribution in [3.63, 3.8) is 0 Å². The predicted octanol–water partition coefficient (Wildman–Crippen LogP) is 2.97. The Labute approximate surface area is 117 Å². The molecule has 1 atom stereocenters. The molecule has 0 heterocycles. The molecule has 0 saturated heterocycles. The normalized spacial score (nSPS) is 14.4. The van der Waals surface area contributed by atoms with Gasteiger partial charge >= 0.3 is 0 Å². The molecule has 0 aromatic heterocycles. The first kappa shape index (κ1) is 16.0. The summed E-state index contributed by atoms with van der Waals surface area (Å²) < 4.78 is 5.80. The molecule has 0 aliphatic rings. The molecule has 0 spiro atoms. The molecule has 3 nitrogen and oxygen atoms in total. The van der Waals surface area contributed by atoms with E-state index in [0.29, 0.717) is 6.61 Å². The van der Waals surface area contributed by atoms with E-state index in [4.69, 9.17) is 4.74 Å². The van der Waals surface area contributed by atoms with Crippen molar-refractivity contribution < 1.29 is 9.84 Å². The molecule has 1 aromatic rings. The van der Waals surface area contributed by atoms with Crippen LogP contribution in [0.5, 0.6) is 5.75 Å². The molecule has 19 heavy (non-hydrogen) atoms. The van der Waals surface area contributed by atoms with Gasteiger partial charge in [0, 0.05) is 12.1 Å². The molecule has 0 radical (unpaired) electrons. The zero-order valence-electron chi connectivity index (χ0n) is 12.6. The van der Waals surface area contributed by atoms with Gasteiger partial charge in [-0.25, -0.2) is 0 Å². The van der Waals surface area contributed by atoms with Crippen LogP contribution < -0.4 is 10.1 Å². The van der Waals surface area contributed by atoms with E-state index in [1.807, 2.05) is 39.0 Å². The Balaban J connectivity index is 2.62. The van der Waals surface area contributed by atoms with E-state index < -0.39 is 5.60 Å². The largest absolute Gasteiger partial charge is 0.490 e. The topological polar surface area (TPSA) is 41.5 Å². The quantitative estimate of drug-likeness (QED) is 0.710. The smallest absolute Gasteiger partial charge is 0.123 e. The number of nitrogens with one attached hydrogen (secondary N) is 1. The fourth-order valence-electron chi connectivity index (χ4n) is 1.58. The van der Waals surface area contributed by atoms with Crippen molar-refractivity contribution in [1.82, 2.24) is 5.32 Å². The lowest BCUT2D eigenvalue weighted by Crippen LogP contribution is -2.38. The van der Waals surface area contributed by atoms with Crippen LogP contribution in [0.25, 0.3) is 0 Å². The number of aliphatic hydroxyl groups is 1. The average Bonchev–Trinajstić information content (AvgIpc) is 2.38. The lowest BCUT2D eigenvalue weighted by molar-refractivity contribution is -0.0268. The first-order valence-electron chi connectivity index (χ1n) is 7.11. The molecule has 1 unspecified atom stereocenters. The van der Waals surface area contributed by atoms with Crippen molar-refractivity contribution in [2.75, 3.05) is 13.2 Å². The van der Waals surface area contributed by atoms with Gasteiger partial charge in [-0.05, 0) is 31.9 Å². The van der Waals surface area contributed by atoms with E-state index in [1.54, 1.807) is 0 Å². The molecule has 0 amide bonds. The van der Waals surface area contributed by atoms with E-state index in [-0.39, 0.29) is 5.92 Å². The zero-order chi connectivity index (χ0) is 14.3. The highest BCUT2D eigenvalue weighted by Gasteiger charge is 2.26. The molecule has 0 fully saturated rings. The second-order valence-electron chi connectivity index (χ2n) is 5.59. The summed E-state index contributed by atoms with van der Waals surface area (Å²) in [4.78, 5) is 0. The van der Waals surface area contributed by atoms with Gasteiger partial charge in [0.2, 0.25) is 0 Å². The van der Waals surface area contributed by atoms with Crippen molar-refractivity contribution in [3.8, 4) is 5.75 Å². The van der Waals surface area contributed by atoms with Gasteiger partial charge in [0.1, 0.15) is 12.4 Å². The van der Waals surface area contributed by atoms with Gasteiger partial charge in [-0.3, -0.25) is 0 Å². The van der Waals surface area contributed by atoms with Gasteiger partial charge in [-0.15, -0.1) is 0 Å². The molecule has 1 rings (SSSR count). The van der Waals surface area contributed by atoms with Crippen molar-refractivity contribution in [3.05, 3.63) is 29.8 Å². The van der Waals surface area contributed by atoms with Crippen LogP contribution in [-0.4, -0.2) is 23.9 Å². The monoisotopic (exact) mass is 265 g/mol. The number of hydrogen-bond donors (Lipinski definition) is 2. The fourth-order valence-corrected chi connectivity index (χ4v) is 1.58. The molecule has 2 N–H and O–H groups in total. The van der Waals surface area contributed by atoms with Crippen LogP contribution in [0, 0.1) is 5.92 Å². The maximum Gasteiger partial charge on any atom is 0.123 e. The maximum atomic E-state index is 10.2. The van der Waals surface area contributed by atoms with Crippen LogP contribution in [0.15, 0.2) is 24.3 Å². The van der Waals surface area contributed by atoms with E-state index in [0.717, 1.165) is 30.8 Å². The number of para-hydroxylation sites is 1. The fraction of sp³-hybridized carbons (Fsp3) is 0.625. The number of rotatable bonds is 8. The minimum atomic E-state index is -0.802. The van der Waals surface area contributed by atoms with Gasteiger partial charge in [0.15, 0.2) is 0 Å². The minimum Gasteiger partial charge on any atom is -0.490 e. The van der Waals surface area contributed by atoms with Gasteiger partial charge < -0.3 is 15.2 Å². The number of benzene rings is 1. The minimum absolute atomic E-state index is 0.165. The lowest BCUT2D eigenvalue weighted by atomic mass is 9.94. The summed E-state index contributed by atoms with van der Waals surface area (Å²) in [6.45, 7) is 10.1. The summed E-state index contributed by atoms with van der Waals surface area (Å²) in [6, 6.07) is 7.99. The standard InChI is InChI=1S/C16H27NO2/c1-5-10-17-11-14-8-6-7-9-15(14)19-12-16(4,18)13(2)3/h6-9,13,17-18H,5,10-12H2,1-4H3. The molecule has 0 saturated carbocycles. The van der Waals surface area contributed by atoms with Crippen LogP contribution in [-0.2, 0) is 6.54 Å². The Bertz CT molecular complexity index is 375. The van der Waals surface area contributed by atoms with Gasteiger partial charge in [0.25, 0.3) is 0 Å². The lowest BCUT2D eigenvalue weighted by Gasteiger charge is -2.28. The molecule has 0 bridgehead atoms. The van der Waals surface area contributed by atoms with E-state index in [9.17, 15) is 5.11 Å². The summed E-state index contributed by atoms with van der Waals surface area (Å²) in [5.74, 6) is 1.02. The maximum absolute atomic E-state index is 10.2. The summed E-state index contributed by atoms with van der Waals surface area (Å²) >= 11 is 0. The summed E-state index contributed by atoms with van der Waals surface area (Å²) in [5, 5.41) is 13.6. The van der Waals surface area contributed by atoms with Crippen LogP contribution in [0.2, 0.25) is 0 Å². The Kier molecular flexibility index (Phi) is 6.32. The average molecular weight is 265 g/mol. The van der Waals surface area contributed by atoms with Crippen LogP contribution >= 0.6 is 0 Å². The van der Waals surface area contributed by atoms with Crippen molar-refractivity contribution in [2.45, 2.75) is 46.3 Å².